The van der Waals surface area contributed by atoms with E-state index in [-0.39, 0.29) is 17.1 Å². The molecule has 6 heteroatoms. The fourth-order valence-electron chi connectivity index (χ4n) is 2.51. The van der Waals surface area contributed by atoms with Crippen molar-refractivity contribution in [1.29, 1.82) is 0 Å². The Hall–Kier alpha value is -2.21. The van der Waals surface area contributed by atoms with E-state index in [1.165, 1.54) is 12.1 Å². The number of aromatic amines is 1. The number of amides is 1. The van der Waals surface area contributed by atoms with Gasteiger partial charge in [-0.25, -0.2) is 4.39 Å². The van der Waals surface area contributed by atoms with E-state index < -0.39 is 6.04 Å². The number of rotatable bonds is 6. The van der Waals surface area contributed by atoms with Crippen LogP contribution in [0, 0.1) is 11.2 Å². The predicted octanol–water partition coefficient (Wildman–Crippen LogP) is 2.98. The molecule has 25 heavy (non-hydrogen) atoms. The lowest BCUT2D eigenvalue weighted by Gasteiger charge is -2.30. The first-order valence-electron chi connectivity index (χ1n) is 8.49. The predicted molar refractivity (Wildman–Crippen MR) is 97.4 cm³/mol. The Morgan fingerprint density at radius 3 is 2.72 bits per heavy atom. The number of hydrogen-bond donors (Lipinski definition) is 2. The molecule has 1 heterocycles. The lowest BCUT2D eigenvalue weighted by Crippen LogP contribution is -2.49. The van der Waals surface area contributed by atoms with Crippen LogP contribution in [-0.2, 0) is 11.2 Å². The van der Waals surface area contributed by atoms with E-state index in [0.29, 0.717) is 12.2 Å². The van der Waals surface area contributed by atoms with E-state index in [1.807, 2.05) is 32.9 Å². The Balaban J connectivity index is 1.87. The summed E-state index contributed by atoms with van der Waals surface area (Å²) in [5, 5.41) is 7.20. The molecule has 0 radical (unpaired) electrons. The number of nitrogens with two attached hydrogens (primary N) is 1. The molecule has 0 unspecified atom stereocenters. The number of likely N-dealkylation sites (N-methyl/N-ethyl adjacent to an activating group) is 1. The summed E-state index contributed by atoms with van der Waals surface area (Å²) in [6.45, 7) is 6.50. The minimum atomic E-state index is -0.510. The van der Waals surface area contributed by atoms with E-state index in [9.17, 15) is 9.18 Å². The van der Waals surface area contributed by atoms with Gasteiger partial charge in [-0.2, -0.15) is 5.10 Å². The molecule has 0 saturated carbocycles. The van der Waals surface area contributed by atoms with Crippen LogP contribution in [0.4, 0.5) is 4.39 Å². The van der Waals surface area contributed by atoms with Crippen molar-refractivity contribution in [3.05, 3.63) is 41.8 Å². The molecule has 0 aliphatic heterocycles. The highest BCUT2D eigenvalue weighted by Crippen LogP contribution is 2.20. The van der Waals surface area contributed by atoms with Crippen LogP contribution < -0.4 is 5.73 Å². The molecule has 136 valence electrons. The Bertz CT molecular complexity index is 720. The molecule has 5 nitrogen and oxygen atoms in total. The van der Waals surface area contributed by atoms with Gasteiger partial charge in [0.25, 0.3) is 0 Å². The number of halogens is 1. The average molecular weight is 346 g/mol. The molecule has 0 saturated heterocycles. The summed E-state index contributed by atoms with van der Waals surface area (Å²) in [5.41, 5.74) is 8.18. The average Bonchev–Trinajstić information content (AvgIpc) is 3.01. The molecule has 1 aromatic carbocycles. The van der Waals surface area contributed by atoms with Gasteiger partial charge in [0, 0.05) is 24.8 Å². The Kier molecular flexibility index (Phi) is 5.95. The molecule has 0 aliphatic carbocycles. The van der Waals surface area contributed by atoms with E-state index in [0.717, 1.165) is 24.1 Å². The molecule has 1 amide bonds. The van der Waals surface area contributed by atoms with E-state index in [1.54, 1.807) is 18.0 Å². The summed E-state index contributed by atoms with van der Waals surface area (Å²) in [5.74, 6) is -0.324. The molecule has 1 aromatic heterocycles. The van der Waals surface area contributed by atoms with Crippen molar-refractivity contribution in [3.8, 4) is 11.3 Å². The maximum Gasteiger partial charge on any atom is 0.239 e. The smallest absolute Gasteiger partial charge is 0.239 e. The molecule has 0 spiro atoms. The SMILES string of the molecule is CN(CCCc1cc(-c2cccc(F)c2)n[nH]1)C(=O)[C@@H](N)C(C)(C)C. The molecule has 2 rings (SSSR count). The molecule has 0 bridgehead atoms. The van der Waals surface area contributed by atoms with E-state index >= 15 is 0 Å². The molecule has 2 aromatic rings. The molecule has 0 fully saturated rings. The summed E-state index contributed by atoms with van der Waals surface area (Å²) in [6, 6.07) is 7.76. The third kappa shape index (κ3) is 5.13. The zero-order valence-corrected chi connectivity index (χ0v) is 15.3. The summed E-state index contributed by atoms with van der Waals surface area (Å²) >= 11 is 0. The molecule has 1 atom stereocenters. The maximum atomic E-state index is 13.3. The summed E-state index contributed by atoms with van der Waals surface area (Å²) in [4.78, 5) is 14.0. The lowest BCUT2D eigenvalue weighted by molar-refractivity contribution is -0.133. The van der Waals surface area contributed by atoms with Gasteiger partial charge in [0.2, 0.25) is 5.91 Å². The van der Waals surface area contributed by atoms with Crippen molar-refractivity contribution in [2.75, 3.05) is 13.6 Å². The van der Waals surface area contributed by atoms with Crippen LogP contribution in [0.5, 0.6) is 0 Å². The normalized spacial score (nSPS) is 12.9. The third-order valence-corrected chi connectivity index (χ3v) is 4.27. The fourth-order valence-corrected chi connectivity index (χ4v) is 2.51. The summed E-state index contributed by atoms with van der Waals surface area (Å²) < 4.78 is 13.3. The Morgan fingerprint density at radius 1 is 1.36 bits per heavy atom. The van der Waals surface area contributed by atoms with Crippen LogP contribution in [0.1, 0.15) is 32.9 Å². The minimum Gasteiger partial charge on any atom is -0.344 e. The number of aryl methyl sites for hydroxylation is 1. The lowest BCUT2D eigenvalue weighted by atomic mass is 9.86. The van der Waals surface area contributed by atoms with Crippen LogP contribution >= 0.6 is 0 Å². The van der Waals surface area contributed by atoms with Gasteiger partial charge in [0.05, 0.1) is 11.7 Å². The van der Waals surface area contributed by atoms with Crippen molar-refractivity contribution in [2.24, 2.45) is 11.1 Å². The number of benzene rings is 1. The van der Waals surface area contributed by atoms with Crippen molar-refractivity contribution in [2.45, 2.75) is 39.7 Å². The first-order chi connectivity index (χ1) is 11.7. The number of carbonyl (C=O) groups is 1. The molecule has 0 aliphatic rings. The van der Waals surface area contributed by atoms with Gasteiger partial charge in [-0.1, -0.05) is 32.9 Å². The first kappa shape index (κ1) is 19.1. The summed E-state index contributed by atoms with van der Waals surface area (Å²) in [7, 11) is 1.78. The largest absolute Gasteiger partial charge is 0.344 e. The number of nitrogens with zero attached hydrogens (tertiary/aromatic N) is 2. The zero-order chi connectivity index (χ0) is 18.6. The number of H-pyrrole nitrogens is 1. The first-order valence-corrected chi connectivity index (χ1v) is 8.49. The fraction of sp³-hybridized carbons (Fsp3) is 0.474. The second-order valence-corrected chi connectivity index (χ2v) is 7.50. The maximum absolute atomic E-state index is 13.3. The van der Waals surface area contributed by atoms with Gasteiger partial charge in [0.1, 0.15) is 5.82 Å². The third-order valence-electron chi connectivity index (χ3n) is 4.27. The van der Waals surface area contributed by atoms with Gasteiger partial charge >= 0.3 is 0 Å². The number of carbonyl (C=O) groups excluding carboxylic acids is 1. The van der Waals surface area contributed by atoms with Crippen LogP contribution in [0.15, 0.2) is 30.3 Å². The topological polar surface area (TPSA) is 75.0 Å². The highest BCUT2D eigenvalue weighted by Gasteiger charge is 2.29. The molecular weight excluding hydrogens is 319 g/mol. The van der Waals surface area contributed by atoms with Crippen LogP contribution in [-0.4, -0.2) is 40.6 Å². The zero-order valence-electron chi connectivity index (χ0n) is 15.3. The number of nitrogens with one attached hydrogen (secondary N) is 1. The van der Waals surface area contributed by atoms with Crippen molar-refractivity contribution >= 4 is 5.91 Å². The van der Waals surface area contributed by atoms with E-state index in [4.69, 9.17) is 5.73 Å². The van der Waals surface area contributed by atoms with Crippen LogP contribution in [0.3, 0.4) is 0 Å². The highest BCUT2D eigenvalue weighted by atomic mass is 19.1. The van der Waals surface area contributed by atoms with Crippen LogP contribution in [0.25, 0.3) is 11.3 Å². The quantitative estimate of drug-likeness (QED) is 0.844. The highest BCUT2D eigenvalue weighted by molar-refractivity contribution is 5.82. The summed E-state index contributed by atoms with van der Waals surface area (Å²) in [6.07, 6.45) is 1.55. The van der Waals surface area contributed by atoms with Crippen molar-refractivity contribution in [3.63, 3.8) is 0 Å². The van der Waals surface area contributed by atoms with E-state index in [2.05, 4.69) is 10.2 Å². The van der Waals surface area contributed by atoms with Gasteiger partial charge in [-0.15, -0.1) is 0 Å². The van der Waals surface area contributed by atoms with Gasteiger partial charge in [-0.05, 0) is 36.5 Å². The monoisotopic (exact) mass is 346 g/mol. The van der Waals surface area contributed by atoms with Crippen LogP contribution in [0.2, 0.25) is 0 Å². The number of aromatic nitrogens is 2. The van der Waals surface area contributed by atoms with Gasteiger partial charge in [-0.3, -0.25) is 9.89 Å². The second kappa shape index (κ2) is 7.78. The van der Waals surface area contributed by atoms with Gasteiger partial charge < -0.3 is 10.6 Å². The Labute approximate surface area is 148 Å². The Morgan fingerprint density at radius 2 is 2.08 bits per heavy atom. The molecular formula is C19H27FN4O. The minimum absolute atomic E-state index is 0.0439. The molecule has 3 N–H and O–H groups in total. The standard InChI is InChI=1S/C19H27FN4O/c1-19(2,3)17(21)18(25)24(4)10-6-9-15-12-16(23-22-15)13-7-5-8-14(20)11-13/h5,7-8,11-12,17H,6,9-10,21H2,1-4H3,(H,22,23)/t17-/m1/s1. The van der Waals surface area contributed by atoms with Crippen molar-refractivity contribution < 1.29 is 9.18 Å². The van der Waals surface area contributed by atoms with Crippen molar-refractivity contribution in [1.82, 2.24) is 15.1 Å². The second-order valence-electron chi connectivity index (χ2n) is 7.50. The van der Waals surface area contributed by atoms with Gasteiger partial charge in [0.15, 0.2) is 0 Å². The number of hydrogen-bond acceptors (Lipinski definition) is 3.